The van der Waals surface area contributed by atoms with E-state index in [0.717, 1.165) is 23.6 Å². The molecule has 0 aliphatic carbocycles. The molecule has 0 saturated carbocycles. The quantitative estimate of drug-likeness (QED) is 0.808. The molecule has 2 fully saturated rings. The third-order valence-electron chi connectivity index (χ3n) is 3.47. The molecule has 0 radical (unpaired) electrons. The first kappa shape index (κ1) is 10.8. The summed E-state index contributed by atoms with van der Waals surface area (Å²) in [6.45, 7) is 2.20. The van der Waals surface area contributed by atoms with Crippen molar-refractivity contribution >= 4 is 33.2 Å². The van der Waals surface area contributed by atoms with Crippen molar-refractivity contribution in [3.63, 3.8) is 0 Å². The van der Waals surface area contributed by atoms with E-state index in [2.05, 4.69) is 37.2 Å². The smallest absolute Gasteiger partial charge is 0.143 e. The van der Waals surface area contributed by atoms with Crippen molar-refractivity contribution in [3.05, 3.63) is 21.9 Å². The highest BCUT2D eigenvalue weighted by molar-refractivity contribution is 9.10. The first-order valence-corrected chi connectivity index (χ1v) is 6.72. The van der Waals surface area contributed by atoms with Crippen molar-refractivity contribution in [1.29, 1.82) is 0 Å². The van der Waals surface area contributed by atoms with Gasteiger partial charge in [0.15, 0.2) is 0 Å². The van der Waals surface area contributed by atoms with Gasteiger partial charge in [0.25, 0.3) is 0 Å². The summed E-state index contributed by atoms with van der Waals surface area (Å²) in [7, 11) is 0. The van der Waals surface area contributed by atoms with Crippen molar-refractivity contribution in [2.24, 2.45) is 0 Å². The van der Waals surface area contributed by atoms with Crippen LogP contribution in [0.15, 0.2) is 16.7 Å². The lowest BCUT2D eigenvalue weighted by Crippen LogP contribution is -2.40. The topological polar surface area (TPSA) is 28.2 Å². The van der Waals surface area contributed by atoms with Crippen molar-refractivity contribution in [3.8, 4) is 0 Å². The van der Waals surface area contributed by atoms with Gasteiger partial charge in [-0.05, 0) is 34.8 Å². The number of nitrogens with zero attached hydrogens (tertiary/aromatic N) is 2. The van der Waals surface area contributed by atoms with E-state index < -0.39 is 0 Å². The number of halogens is 2. The van der Waals surface area contributed by atoms with Crippen LogP contribution in [0.4, 0.5) is 5.69 Å². The maximum atomic E-state index is 5.91. The molecule has 2 bridgehead atoms. The minimum atomic E-state index is 0.531. The number of hydrogen-bond acceptors (Lipinski definition) is 3. The number of nitrogens with one attached hydrogen (secondary N) is 1. The standard InChI is InChI=1S/C11H13BrClN3/c12-10-4-9(6-15-11(10)13)16-2-1-7-3-8(16)5-14-7/h4,6-8,14H,1-3,5H2/t7-,8+/m1/s1. The van der Waals surface area contributed by atoms with E-state index in [9.17, 15) is 0 Å². The molecule has 2 aliphatic rings. The SMILES string of the molecule is Clc1ncc(N2CC[C@@H]3C[C@H]2CN3)cc1Br. The van der Waals surface area contributed by atoms with Gasteiger partial charge in [-0.2, -0.15) is 0 Å². The van der Waals surface area contributed by atoms with Gasteiger partial charge in [-0.25, -0.2) is 4.98 Å². The zero-order valence-electron chi connectivity index (χ0n) is 8.79. The summed E-state index contributed by atoms with van der Waals surface area (Å²) in [5.41, 5.74) is 1.17. The van der Waals surface area contributed by atoms with Gasteiger partial charge in [-0.3, -0.25) is 0 Å². The third kappa shape index (κ3) is 1.83. The fourth-order valence-corrected chi connectivity index (χ4v) is 3.08. The van der Waals surface area contributed by atoms with Gasteiger partial charge >= 0.3 is 0 Å². The molecule has 1 aromatic rings. The Morgan fingerprint density at radius 3 is 3.25 bits per heavy atom. The molecule has 3 rings (SSSR count). The lowest BCUT2D eigenvalue weighted by atomic mass is 10.0. The highest BCUT2D eigenvalue weighted by Gasteiger charge is 2.33. The van der Waals surface area contributed by atoms with Crippen LogP contribution in [-0.2, 0) is 0 Å². The van der Waals surface area contributed by atoms with E-state index in [4.69, 9.17) is 11.6 Å². The minimum Gasteiger partial charge on any atom is -0.366 e. The Bertz CT molecular complexity index is 412. The molecular formula is C11H13BrClN3. The summed E-state index contributed by atoms with van der Waals surface area (Å²) in [6, 6.07) is 3.41. The molecule has 3 heterocycles. The second-order valence-electron chi connectivity index (χ2n) is 4.44. The molecule has 0 amide bonds. The number of aromatic nitrogens is 1. The number of pyridine rings is 1. The molecule has 2 atom stereocenters. The van der Waals surface area contributed by atoms with Gasteiger partial charge < -0.3 is 10.2 Å². The molecule has 2 saturated heterocycles. The predicted octanol–water partition coefficient (Wildman–Crippen LogP) is 2.44. The molecular weight excluding hydrogens is 289 g/mol. The van der Waals surface area contributed by atoms with Crippen LogP contribution in [0.25, 0.3) is 0 Å². The number of hydrogen-bond donors (Lipinski definition) is 1. The van der Waals surface area contributed by atoms with Crippen LogP contribution in [0, 0.1) is 0 Å². The summed E-state index contributed by atoms with van der Waals surface area (Å²) >= 11 is 9.34. The van der Waals surface area contributed by atoms with E-state index in [1.54, 1.807) is 0 Å². The molecule has 2 aliphatic heterocycles. The van der Waals surface area contributed by atoms with E-state index in [1.807, 2.05) is 6.20 Å². The van der Waals surface area contributed by atoms with Gasteiger partial charge in [0.1, 0.15) is 5.15 Å². The summed E-state index contributed by atoms with van der Waals surface area (Å²) in [5, 5.41) is 4.08. The Hall–Kier alpha value is -0.320. The van der Waals surface area contributed by atoms with Crippen LogP contribution < -0.4 is 10.2 Å². The Morgan fingerprint density at radius 2 is 2.44 bits per heavy atom. The van der Waals surface area contributed by atoms with Crippen molar-refractivity contribution in [1.82, 2.24) is 10.3 Å². The zero-order valence-corrected chi connectivity index (χ0v) is 11.1. The highest BCUT2D eigenvalue weighted by Crippen LogP contribution is 2.31. The normalized spacial score (nSPS) is 28.5. The maximum Gasteiger partial charge on any atom is 0.143 e. The van der Waals surface area contributed by atoms with Crippen LogP contribution in [0.3, 0.4) is 0 Å². The van der Waals surface area contributed by atoms with Crippen LogP contribution in [0.5, 0.6) is 0 Å². The van der Waals surface area contributed by atoms with Crippen LogP contribution in [0.2, 0.25) is 5.15 Å². The Balaban J connectivity index is 1.88. The average molecular weight is 303 g/mol. The summed E-state index contributed by atoms with van der Waals surface area (Å²) in [6.07, 6.45) is 4.34. The number of fused-ring (bicyclic) bond motifs is 2. The second-order valence-corrected chi connectivity index (χ2v) is 5.66. The monoisotopic (exact) mass is 301 g/mol. The molecule has 16 heavy (non-hydrogen) atoms. The summed E-state index contributed by atoms with van der Waals surface area (Å²) in [4.78, 5) is 6.63. The van der Waals surface area contributed by atoms with Gasteiger partial charge in [0.2, 0.25) is 0 Å². The van der Waals surface area contributed by atoms with Crippen LogP contribution in [-0.4, -0.2) is 30.2 Å². The molecule has 0 spiro atoms. The Labute approximate surface area is 108 Å². The maximum absolute atomic E-state index is 5.91. The first-order valence-electron chi connectivity index (χ1n) is 5.55. The lowest BCUT2D eigenvalue weighted by Gasteiger charge is -2.34. The largest absolute Gasteiger partial charge is 0.366 e. The number of piperidine rings is 1. The number of anilines is 1. The second kappa shape index (κ2) is 4.17. The fourth-order valence-electron chi connectivity index (χ4n) is 2.64. The van der Waals surface area contributed by atoms with Crippen LogP contribution in [0.1, 0.15) is 12.8 Å². The number of rotatable bonds is 1. The molecule has 1 aromatic heterocycles. The zero-order chi connectivity index (χ0) is 11.1. The third-order valence-corrected chi connectivity index (χ3v) is 4.61. The van der Waals surface area contributed by atoms with Gasteiger partial charge in [-0.15, -0.1) is 0 Å². The Kier molecular flexibility index (Phi) is 2.81. The molecule has 0 aromatic carbocycles. The van der Waals surface area contributed by atoms with Crippen molar-refractivity contribution in [2.75, 3.05) is 18.0 Å². The van der Waals surface area contributed by atoms with Gasteiger partial charge in [0, 0.05) is 25.2 Å². The predicted molar refractivity (Wildman–Crippen MR) is 69.1 cm³/mol. The van der Waals surface area contributed by atoms with E-state index in [1.165, 1.54) is 18.5 Å². The van der Waals surface area contributed by atoms with Crippen molar-refractivity contribution < 1.29 is 0 Å². The van der Waals surface area contributed by atoms with E-state index >= 15 is 0 Å². The van der Waals surface area contributed by atoms with E-state index in [0.29, 0.717) is 11.2 Å². The van der Waals surface area contributed by atoms with Crippen LogP contribution >= 0.6 is 27.5 Å². The fraction of sp³-hybridized carbons (Fsp3) is 0.545. The van der Waals surface area contributed by atoms with Gasteiger partial charge in [-0.1, -0.05) is 11.6 Å². The van der Waals surface area contributed by atoms with E-state index in [-0.39, 0.29) is 0 Å². The van der Waals surface area contributed by atoms with Crippen molar-refractivity contribution in [2.45, 2.75) is 24.9 Å². The molecule has 5 heteroatoms. The summed E-state index contributed by atoms with van der Waals surface area (Å²) < 4.78 is 0.875. The molecule has 0 unspecified atom stereocenters. The highest BCUT2D eigenvalue weighted by atomic mass is 79.9. The molecule has 1 N–H and O–H groups in total. The minimum absolute atomic E-state index is 0.531. The lowest BCUT2D eigenvalue weighted by molar-refractivity contribution is 0.490. The molecule has 86 valence electrons. The molecule has 3 nitrogen and oxygen atoms in total. The van der Waals surface area contributed by atoms with Gasteiger partial charge in [0.05, 0.1) is 16.4 Å². The average Bonchev–Trinajstić information content (AvgIpc) is 2.65. The Morgan fingerprint density at radius 1 is 1.56 bits per heavy atom. The first-order chi connectivity index (χ1) is 7.74. The summed E-state index contributed by atoms with van der Waals surface area (Å²) in [5.74, 6) is 0.